The van der Waals surface area contributed by atoms with Gasteiger partial charge in [0.1, 0.15) is 42.2 Å². The summed E-state index contributed by atoms with van der Waals surface area (Å²) >= 11 is 0. The van der Waals surface area contributed by atoms with Gasteiger partial charge >= 0.3 is 5.69 Å². The maximum absolute atomic E-state index is 12.3. The Hall–Kier alpha value is -3.21. The van der Waals surface area contributed by atoms with Crippen LogP contribution in [0.4, 0.5) is 11.6 Å². The molecule has 0 unspecified atom stereocenters. The second-order valence-electron chi connectivity index (χ2n) is 8.98. The van der Waals surface area contributed by atoms with Gasteiger partial charge in [-0.25, -0.2) is 19.7 Å². The highest BCUT2D eigenvalue weighted by atomic mass is 16.6. The van der Waals surface area contributed by atoms with Crippen molar-refractivity contribution < 1.29 is 29.9 Å². The number of aromatic nitrogens is 6. The number of hydrogen-bond acceptors (Lipinski definition) is 13. The van der Waals surface area contributed by atoms with Gasteiger partial charge in [0.15, 0.2) is 17.7 Å². The van der Waals surface area contributed by atoms with E-state index < -0.39 is 48.7 Å². The molecule has 8 N–H and O–H groups in total. The number of ether oxygens (including phenoxy) is 2. The van der Waals surface area contributed by atoms with Crippen LogP contribution in [0.2, 0.25) is 0 Å². The predicted molar refractivity (Wildman–Crippen MR) is 123 cm³/mol. The Bertz CT molecular complexity index is 1300. The molecule has 0 aromatic carbocycles. The van der Waals surface area contributed by atoms with Gasteiger partial charge in [0.2, 0.25) is 0 Å². The smallest absolute Gasteiger partial charge is 0.351 e. The van der Waals surface area contributed by atoms with Crippen LogP contribution in [-0.2, 0) is 15.9 Å². The third kappa shape index (κ3) is 4.29. The lowest BCUT2D eigenvalue weighted by Crippen LogP contribution is -2.31. The van der Waals surface area contributed by atoms with Gasteiger partial charge in [0.05, 0.1) is 25.1 Å². The first-order valence-corrected chi connectivity index (χ1v) is 11.5. The van der Waals surface area contributed by atoms with Gasteiger partial charge in [-0.3, -0.25) is 9.13 Å². The summed E-state index contributed by atoms with van der Waals surface area (Å²) in [6.45, 7) is -0.368. The normalized spacial score (nSPS) is 30.4. The van der Waals surface area contributed by atoms with Crippen molar-refractivity contribution >= 4 is 22.8 Å². The summed E-state index contributed by atoms with van der Waals surface area (Å²) in [5, 5.41) is 40.5. The molecule has 15 nitrogen and oxygen atoms in total. The maximum atomic E-state index is 12.3. The number of aryl methyl sites for hydroxylation is 1. The highest BCUT2D eigenvalue weighted by Gasteiger charge is 2.44. The van der Waals surface area contributed by atoms with Gasteiger partial charge in [0, 0.05) is 18.2 Å². The minimum atomic E-state index is -1.22. The number of nitrogens with zero attached hydrogens (tertiary/aromatic N) is 6. The number of rotatable bonds is 7. The fourth-order valence-corrected chi connectivity index (χ4v) is 4.72. The van der Waals surface area contributed by atoms with E-state index >= 15 is 0 Å². The third-order valence-electron chi connectivity index (χ3n) is 6.69. The van der Waals surface area contributed by atoms with Crippen LogP contribution in [0.15, 0.2) is 23.6 Å². The Labute approximate surface area is 204 Å². The third-order valence-corrected chi connectivity index (χ3v) is 6.69. The van der Waals surface area contributed by atoms with Crippen molar-refractivity contribution in [3.05, 3.63) is 34.9 Å². The molecule has 2 fully saturated rings. The Balaban J connectivity index is 1.26. The zero-order valence-corrected chi connectivity index (χ0v) is 19.2. The summed E-state index contributed by atoms with van der Waals surface area (Å²) in [6.07, 6.45) is -0.750. The lowest BCUT2D eigenvalue weighted by molar-refractivity contribution is -0.0459. The van der Waals surface area contributed by atoms with Crippen molar-refractivity contribution in [2.24, 2.45) is 0 Å². The molecule has 3 aromatic heterocycles. The standard InChI is InChI=1S/C21H28N8O7/c22-17-9(5-28(21(34)27-17)13-4-10(31)12(6-30)35-13)2-1-3-11-15(32)16(33)20(36-11)29-8-26-14-18(23)24-7-25-19(14)29/h5,7-8,10-13,15-16,20,30-33H,1-4,6H2,(H2,22,27,34)(H2,23,24,25)/t10-,11+,12+,13+,15+,16+,20+/m0/s1. The van der Waals surface area contributed by atoms with E-state index in [1.807, 2.05) is 0 Å². The maximum Gasteiger partial charge on any atom is 0.351 e. The van der Waals surface area contributed by atoms with Crippen LogP contribution in [0.1, 0.15) is 37.3 Å². The van der Waals surface area contributed by atoms with Gasteiger partial charge in [-0.05, 0) is 19.3 Å². The summed E-state index contributed by atoms with van der Waals surface area (Å²) in [5.41, 5.74) is 12.5. The largest absolute Gasteiger partial charge is 0.394 e. The second-order valence-corrected chi connectivity index (χ2v) is 8.98. The van der Waals surface area contributed by atoms with Crippen LogP contribution in [0, 0.1) is 0 Å². The van der Waals surface area contributed by atoms with Crippen molar-refractivity contribution in [1.29, 1.82) is 0 Å². The Morgan fingerprint density at radius 1 is 1.03 bits per heavy atom. The van der Waals surface area contributed by atoms with E-state index in [0.29, 0.717) is 36.0 Å². The summed E-state index contributed by atoms with van der Waals surface area (Å²) < 4.78 is 14.3. The number of nitrogen functional groups attached to an aromatic ring is 2. The van der Waals surface area contributed by atoms with Gasteiger partial charge in [-0.1, -0.05) is 0 Å². The van der Waals surface area contributed by atoms with E-state index in [1.54, 1.807) is 0 Å². The molecule has 15 heteroatoms. The fourth-order valence-electron chi connectivity index (χ4n) is 4.72. The molecule has 3 aromatic rings. The first kappa shape index (κ1) is 24.5. The van der Waals surface area contributed by atoms with Crippen LogP contribution in [0.25, 0.3) is 11.2 Å². The zero-order chi connectivity index (χ0) is 25.6. The van der Waals surface area contributed by atoms with Crippen LogP contribution >= 0.6 is 0 Å². The number of anilines is 2. The van der Waals surface area contributed by atoms with Crippen molar-refractivity contribution in [1.82, 2.24) is 29.1 Å². The summed E-state index contributed by atoms with van der Waals surface area (Å²) in [6, 6.07) is 0. The molecular weight excluding hydrogens is 476 g/mol. The first-order valence-electron chi connectivity index (χ1n) is 11.5. The number of imidazole rings is 1. The minimum Gasteiger partial charge on any atom is -0.394 e. The van der Waals surface area contributed by atoms with E-state index in [4.69, 9.17) is 20.9 Å². The fraction of sp³-hybridized carbons (Fsp3) is 0.571. The molecule has 5 rings (SSSR count). The Morgan fingerprint density at radius 3 is 2.58 bits per heavy atom. The molecule has 0 radical (unpaired) electrons. The Morgan fingerprint density at radius 2 is 1.83 bits per heavy atom. The molecule has 7 atom stereocenters. The van der Waals surface area contributed by atoms with Crippen molar-refractivity contribution in [2.45, 2.75) is 68.7 Å². The molecule has 0 spiro atoms. The quantitative estimate of drug-likeness (QED) is 0.201. The molecule has 5 heterocycles. The highest BCUT2D eigenvalue weighted by molar-refractivity contribution is 5.81. The second kappa shape index (κ2) is 9.68. The summed E-state index contributed by atoms with van der Waals surface area (Å²) in [4.78, 5) is 28.4. The summed E-state index contributed by atoms with van der Waals surface area (Å²) in [7, 11) is 0. The van der Waals surface area contributed by atoms with Crippen LogP contribution in [0.5, 0.6) is 0 Å². The summed E-state index contributed by atoms with van der Waals surface area (Å²) in [5.74, 6) is 0.265. The molecule has 0 amide bonds. The molecule has 0 aliphatic carbocycles. The van der Waals surface area contributed by atoms with Gasteiger partial charge in [-0.2, -0.15) is 4.98 Å². The molecular formula is C21H28N8O7. The van der Waals surface area contributed by atoms with E-state index in [9.17, 15) is 25.2 Å². The van der Waals surface area contributed by atoms with Crippen LogP contribution in [-0.4, -0.2) is 86.6 Å². The number of hydrogen-bond donors (Lipinski definition) is 6. The number of aliphatic hydroxyl groups excluding tert-OH is 4. The zero-order valence-electron chi connectivity index (χ0n) is 19.2. The van der Waals surface area contributed by atoms with E-state index in [2.05, 4.69) is 19.9 Å². The molecule has 2 saturated heterocycles. The monoisotopic (exact) mass is 504 g/mol. The molecule has 2 aliphatic rings. The van der Waals surface area contributed by atoms with Gasteiger partial charge in [-0.15, -0.1) is 0 Å². The van der Waals surface area contributed by atoms with Crippen molar-refractivity contribution in [3.8, 4) is 0 Å². The molecule has 194 valence electrons. The molecule has 36 heavy (non-hydrogen) atoms. The minimum absolute atomic E-state index is 0.0708. The van der Waals surface area contributed by atoms with Gasteiger partial charge < -0.3 is 41.4 Å². The lowest BCUT2D eigenvalue weighted by atomic mass is 10.0. The number of fused-ring (bicyclic) bond motifs is 1. The first-order chi connectivity index (χ1) is 17.3. The van der Waals surface area contributed by atoms with Crippen molar-refractivity contribution in [2.75, 3.05) is 18.1 Å². The average molecular weight is 505 g/mol. The number of nitrogens with two attached hydrogens (primary N) is 2. The van der Waals surface area contributed by atoms with Crippen molar-refractivity contribution in [3.63, 3.8) is 0 Å². The lowest BCUT2D eigenvalue weighted by Gasteiger charge is -2.17. The molecule has 0 saturated carbocycles. The Kier molecular flexibility index (Phi) is 6.59. The molecule has 2 aliphatic heterocycles. The van der Waals surface area contributed by atoms with Crippen LogP contribution in [0.3, 0.4) is 0 Å². The molecule has 0 bridgehead atoms. The van der Waals surface area contributed by atoms with E-state index in [0.717, 1.165) is 0 Å². The van der Waals surface area contributed by atoms with E-state index in [1.165, 1.54) is 28.0 Å². The number of aliphatic hydroxyl groups is 4. The van der Waals surface area contributed by atoms with Crippen LogP contribution < -0.4 is 17.2 Å². The highest BCUT2D eigenvalue weighted by Crippen LogP contribution is 2.34. The topological polar surface area (TPSA) is 230 Å². The van der Waals surface area contributed by atoms with Gasteiger partial charge in [0.25, 0.3) is 0 Å². The van der Waals surface area contributed by atoms with E-state index in [-0.39, 0.29) is 24.7 Å². The average Bonchev–Trinajstić information content (AvgIpc) is 3.52. The SMILES string of the molecule is Nc1nc(=O)n([C@H]2C[C@H](O)[C@@H](CO)O2)cc1CCC[C@H]1O[C@@H](n2cnc3c(N)ncnc32)[C@H](O)[C@@H]1O. The predicted octanol–water partition coefficient (Wildman–Crippen LogP) is -2.17.